The van der Waals surface area contributed by atoms with Gasteiger partial charge in [-0.3, -0.25) is 4.79 Å². The Bertz CT molecular complexity index is 766. The summed E-state index contributed by atoms with van der Waals surface area (Å²) in [4.78, 5) is 12.2. The average molecular weight is 571 g/mol. The lowest BCUT2D eigenvalue weighted by molar-refractivity contribution is -0.367. The predicted molar refractivity (Wildman–Crippen MR) is 127 cm³/mol. The van der Waals surface area contributed by atoms with E-state index in [4.69, 9.17) is 34.2 Å². The number of rotatable bonds is 11. The van der Waals surface area contributed by atoms with Crippen LogP contribution in [0.15, 0.2) is 0 Å². The van der Waals surface area contributed by atoms with Gasteiger partial charge in [-0.05, 0) is 19.9 Å². The maximum Gasteiger partial charge on any atom is 0.217 e. The standard InChI is InChI=1S/C23H42N2O14/c1-9-16(31)17(32)18(33)23(35-9)39-20-15(25-10(2)28)22(34-5-3-4-24)37-14(8-27)19(20)38-21-12(30)6-11(29)13(7-26)36-21/h9,11-23,26-27,29-33H,3-8,24H2,1-2H3,(H,25,28)/t9?,11-,12?,13?,14?,15?,16-,17+,18?,19-,20-,21+,22-,23+/m1/s1. The van der Waals surface area contributed by atoms with Gasteiger partial charge in [0.25, 0.3) is 0 Å². The highest BCUT2D eigenvalue weighted by Crippen LogP contribution is 2.33. The maximum atomic E-state index is 12.2. The van der Waals surface area contributed by atoms with Gasteiger partial charge < -0.3 is 75.2 Å². The van der Waals surface area contributed by atoms with Crippen LogP contribution in [0.3, 0.4) is 0 Å². The number of carbonyl (C=O) groups excluding carboxylic acids is 1. The number of aliphatic hydroxyl groups excluding tert-OH is 7. The quantitative estimate of drug-likeness (QED) is 0.105. The number of ether oxygens (including phenoxy) is 6. The van der Waals surface area contributed by atoms with Crippen molar-refractivity contribution >= 4 is 5.91 Å². The molecule has 39 heavy (non-hydrogen) atoms. The summed E-state index contributed by atoms with van der Waals surface area (Å²) in [5.41, 5.74) is 5.55. The van der Waals surface area contributed by atoms with Gasteiger partial charge in [-0.2, -0.15) is 0 Å². The molecule has 0 saturated carbocycles. The highest BCUT2D eigenvalue weighted by molar-refractivity contribution is 5.73. The molecular weight excluding hydrogens is 528 g/mol. The summed E-state index contributed by atoms with van der Waals surface area (Å²) in [5.74, 6) is -0.517. The first kappa shape index (κ1) is 32.4. The Morgan fingerprint density at radius 3 is 2.13 bits per heavy atom. The summed E-state index contributed by atoms with van der Waals surface area (Å²) in [7, 11) is 0. The molecule has 228 valence electrons. The second-order valence-electron chi connectivity index (χ2n) is 9.94. The van der Waals surface area contributed by atoms with Crippen molar-refractivity contribution in [2.75, 3.05) is 26.4 Å². The first-order chi connectivity index (χ1) is 18.5. The normalized spacial score (nSPS) is 45.2. The van der Waals surface area contributed by atoms with Gasteiger partial charge in [0.2, 0.25) is 5.91 Å². The van der Waals surface area contributed by atoms with Crippen molar-refractivity contribution in [1.29, 1.82) is 0 Å². The molecule has 6 unspecified atom stereocenters. The monoisotopic (exact) mass is 570 g/mol. The number of amides is 1. The maximum absolute atomic E-state index is 12.2. The molecule has 16 heteroatoms. The Morgan fingerprint density at radius 2 is 1.51 bits per heavy atom. The molecule has 3 saturated heterocycles. The topological polar surface area (TPSA) is 252 Å². The molecule has 3 heterocycles. The summed E-state index contributed by atoms with van der Waals surface area (Å²) >= 11 is 0. The second-order valence-corrected chi connectivity index (χ2v) is 9.94. The van der Waals surface area contributed by atoms with Crippen LogP contribution in [-0.4, -0.2) is 154 Å². The van der Waals surface area contributed by atoms with E-state index >= 15 is 0 Å². The zero-order valence-corrected chi connectivity index (χ0v) is 21.9. The third kappa shape index (κ3) is 7.81. The van der Waals surface area contributed by atoms with E-state index in [0.29, 0.717) is 13.0 Å². The van der Waals surface area contributed by atoms with Crippen LogP contribution in [0.1, 0.15) is 26.7 Å². The van der Waals surface area contributed by atoms with Gasteiger partial charge in [0.05, 0.1) is 32.0 Å². The molecule has 10 N–H and O–H groups in total. The molecule has 3 aliphatic heterocycles. The zero-order chi connectivity index (χ0) is 28.9. The molecule has 0 bridgehead atoms. The van der Waals surface area contributed by atoms with Crippen LogP contribution in [0.5, 0.6) is 0 Å². The van der Waals surface area contributed by atoms with Crippen LogP contribution in [0.25, 0.3) is 0 Å². The lowest BCUT2D eigenvalue weighted by Gasteiger charge is -2.49. The van der Waals surface area contributed by atoms with Crippen molar-refractivity contribution in [2.24, 2.45) is 5.73 Å². The van der Waals surface area contributed by atoms with Crippen LogP contribution < -0.4 is 11.1 Å². The highest BCUT2D eigenvalue weighted by Gasteiger charge is 2.53. The van der Waals surface area contributed by atoms with E-state index in [-0.39, 0.29) is 13.0 Å². The molecule has 3 fully saturated rings. The van der Waals surface area contributed by atoms with Gasteiger partial charge in [-0.25, -0.2) is 0 Å². The van der Waals surface area contributed by atoms with Crippen molar-refractivity contribution in [3.05, 3.63) is 0 Å². The Morgan fingerprint density at radius 1 is 0.872 bits per heavy atom. The smallest absolute Gasteiger partial charge is 0.217 e. The molecule has 3 aliphatic rings. The largest absolute Gasteiger partial charge is 0.394 e. The zero-order valence-electron chi connectivity index (χ0n) is 21.9. The summed E-state index contributed by atoms with van der Waals surface area (Å²) in [5, 5.41) is 74.0. The van der Waals surface area contributed by atoms with Gasteiger partial charge in [0.15, 0.2) is 18.9 Å². The summed E-state index contributed by atoms with van der Waals surface area (Å²) in [6.45, 7) is 1.91. The number of nitrogens with two attached hydrogens (primary N) is 1. The Kier molecular flexibility index (Phi) is 12.2. The van der Waals surface area contributed by atoms with Gasteiger partial charge in [0.1, 0.15) is 54.9 Å². The van der Waals surface area contributed by atoms with E-state index in [1.54, 1.807) is 0 Å². The Hall–Kier alpha value is -1.09. The summed E-state index contributed by atoms with van der Waals surface area (Å²) < 4.78 is 34.9. The van der Waals surface area contributed by atoms with Crippen molar-refractivity contribution < 1.29 is 69.0 Å². The van der Waals surface area contributed by atoms with E-state index in [2.05, 4.69) is 5.32 Å². The van der Waals surface area contributed by atoms with Gasteiger partial charge in [0, 0.05) is 13.3 Å². The molecule has 3 rings (SSSR count). The van der Waals surface area contributed by atoms with E-state index < -0.39 is 105 Å². The fourth-order valence-corrected chi connectivity index (χ4v) is 4.78. The van der Waals surface area contributed by atoms with Crippen LogP contribution in [-0.2, 0) is 33.2 Å². The number of carbonyl (C=O) groups is 1. The molecule has 0 spiro atoms. The minimum absolute atomic E-state index is 0.124. The number of hydrogen-bond acceptors (Lipinski definition) is 15. The molecular formula is C23H42N2O14. The fourth-order valence-electron chi connectivity index (χ4n) is 4.78. The van der Waals surface area contributed by atoms with E-state index in [1.807, 2.05) is 0 Å². The van der Waals surface area contributed by atoms with Gasteiger partial charge >= 0.3 is 0 Å². The molecule has 0 aromatic rings. The SMILES string of the molecule is CC(=O)NC1[C@H](OCCCN)OC(CO)[C@@H](O[C@@H]2OC(CO)[C@H](O)CC2O)[C@@H]1O[C@@H]1OC(C)[C@@H](O)[C@H](O)C1O. The lowest BCUT2D eigenvalue weighted by Crippen LogP contribution is -2.69. The van der Waals surface area contributed by atoms with Gasteiger partial charge in [-0.15, -0.1) is 0 Å². The van der Waals surface area contributed by atoms with Crippen molar-refractivity contribution in [3.63, 3.8) is 0 Å². The number of nitrogens with one attached hydrogen (secondary N) is 1. The molecule has 0 aliphatic carbocycles. The molecule has 1 amide bonds. The minimum atomic E-state index is -1.72. The fraction of sp³-hybridized carbons (Fsp3) is 0.957. The number of hydrogen-bond donors (Lipinski definition) is 9. The first-order valence-electron chi connectivity index (χ1n) is 13.0. The van der Waals surface area contributed by atoms with Crippen LogP contribution >= 0.6 is 0 Å². The van der Waals surface area contributed by atoms with Crippen LogP contribution in [0.2, 0.25) is 0 Å². The van der Waals surface area contributed by atoms with Crippen molar-refractivity contribution in [3.8, 4) is 0 Å². The van der Waals surface area contributed by atoms with Crippen molar-refractivity contribution in [1.82, 2.24) is 5.32 Å². The highest BCUT2D eigenvalue weighted by atomic mass is 16.8. The predicted octanol–water partition coefficient (Wildman–Crippen LogP) is -5.00. The van der Waals surface area contributed by atoms with Crippen molar-refractivity contribution in [2.45, 2.75) is 113 Å². The third-order valence-electron chi connectivity index (χ3n) is 6.93. The molecule has 16 nitrogen and oxygen atoms in total. The van der Waals surface area contributed by atoms with Gasteiger partial charge in [-0.1, -0.05) is 0 Å². The molecule has 0 aromatic heterocycles. The van der Waals surface area contributed by atoms with Crippen LogP contribution in [0.4, 0.5) is 0 Å². The van der Waals surface area contributed by atoms with Crippen LogP contribution in [0, 0.1) is 0 Å². The average Bonchev–Trinajstić information content (AvgIpc) is 2.89. The summed E-state index contributed by atoms with van der Waals surface area (Å²) in [6, 6.07) is -1.14. The summed E-state index contributed by atoms with van der Waals surface area (Å²) in [6.07, 6.45) is -17.0. The lowest BCUT2D eigenvalue weighted by atomic mass is 9.94. The number of aliphatic hydroxyl groups is 7. The third-order valence-corrected chi connectivity index (χ3v) is 6.93. The second kappa shape index (κ2) is 14.7. The minimum Gasteiger partial charge on any atom is -0.394 e. The first-order valence-corrected chi connectivity index (χ1v) is 13.0. The van der Waals surface area contributed by atoms with E-state index in [0.717, 1.165) is 0 Å². The Labute approximate surface area is 225 Å². The molecule has 0 radical (unpaired) electrons. The Balaban J connectivity index is 1.95. The van der Waals surface area contributed by atoms with E-state index in [1.165, 1.54) is 13.8 Å². The van der Waals surface area contributed by atoms with E-state index in [9.17, 15) is 40.5 Å². The molecule has 0 aromatic carbocycles. The molecule has 14 atom stereocenters.